The van der Waals surface area contributed by atoms with Gasteiger partial charge in [-0.1, -0.05) is 25.7 Å². The highest BCUT2D eigenvalue weighted by molar-refractivity contribution is 5.71. The predicted octanol–water partition coefficient (Wildman–Crippen LogP) is 2.51. The first kappa shape index (κ1) is 11.5. The van der Waals surface area contributed by atoms with Crippen LogP contribution in [0.4, 0.5) is 0 Å². The van der Waals surface area contributed by atoms with E-state index in [1.165, 1.54) is 45.2 Å². The Balaban J connectivity index is 1.59. The van der Waals surface area contributed by atoms with Crippen molar-refractivity contribution in [3.8, 4) is 0 Å². The van der Waals surface area contributed by atoms with E-state index in [4.69, 9.17) is 0 Å². The van der Waals surface area contributed by atoms with Gasteiger partial charge in [-0.05, 0) is 31.1 Å². The Morgan fingerprint density at radius 3 is 2.41 bits per heavy atom. The lowest BCUT2D eigenvalue weighted by molar-refractivity contribution is -0.146. The van der Waals surface area contributed by atoms with Gasteiger partial charge < -0.3 is 5.11 Å². The van der Waals surface area contributed by atoms with Crippen molar-refractivity contribution in [1.29, 1.82) is 0 Å². The van der Waals surface area contributed by atoms with Crippen molar-refractivity contribution in [3.63, 3.8) is 0 Å². The zero-order valence-electron chi connectivity index (χ0n) is 10.5. The third-order valence-electron chi connectivity index (χ3n) is 5.26. The van der Waals surface area contributed by atoms with Crippen LogP contribution in [0.5, 0.6) is 0 Å². The van der Waals surface area contributed by atoms with E-state index in [0.29, 0.717) is 11.5 Å². The molecule has 3 heteroatoms. The average molecular weight is 237 g/mol. The molecular weight excluding hydrogens is 214 g/mol. The van der Waals surface area contributed by atoms with Gasteiger partial charge in [0.05, 0.1) is 5.92 Å². The molecule has 2 saturated carbocycles. The maximum Gasteiger partial charge on any atom is 0.308 e. The van der Waals surface area contributed by atoms with Crippen LogP contribution in [-0.2, 0) is 4.79 Å². The molecule has 0 aromatic carbocycles. The predicted molar refractivity (Wildman–Crippen MR) is 65.9 cm³/mol. The van der Waals surface area contributed by atoms with E-state index in [1.54, 1.807) is 0 Å². The number of hydrogen-bond acceptors (Lipinski definition) is 2. The first-order valence-corrected chi connectivity index (χ1v) is 7.17. The number of rotatable bonds is 2. The topological polar surface area (TPSA) is 40.5 Å². The van der Waals surface area contributed by atoms with Gasteiger partial charge in [-0.2, -0.15) is 0 Å². The molecule has 0 aromatic rings. The molecule has 1 aliphatic heterocycles. The monoisotopic (exact) mass is 237 g/mol. The SMILES string of the molecule is O=C(O)C1CCCC1N1CC2(CCCCC2)C1. The Kier molecular flexibility index (Phi) is 2.89. The zero-order chi connectivity index (χ0) is 11.9. The van der Waals surface area contributed by atoms with E-state index in [2.05, 4.69) is 4.90 Å². The minimum absolute atomic E-state index is 0.0871. The molecule has 1 spiro atoms. The van der Waals surface area contributed by atoms with Crippen LogP contribution in [0.15, 0.2) is 0 Å². The summed E-state index contributed by atoms with van der Waals surface area (Å²) in [5.41, 5.74) is 0.587. The second-order valence-electron chi connectivity index (χ2n) is 6.41. The van der Waals surface area contributed by atoms with Crippen LogP contribution >= 0.6 is 0 Å². The number of carboxylic acid groups (broad SMARTS) is 1. The highest BCUT2D eigenvalue weighted by Crippen LogP contribution is 2.47. The first-order chi connectivity index (χ1) is 8.20. The number of likely N-dealkylation sites (tertiary alicyclic amines) is 1. The highest BCUT2D eigenvalue weighted by Gasteiger charge is 2.49. The number of aliphatic carboxylic acids is 1. The maximum absolute atomic E-state index is 11.2. The second-order valence-corrected chi connectivity index (χ2v) is 6.41. The number of nitrogens with zero attached hydrogens (tertiary/aromatic N) is 1. The summed E-state index contributed by atoms with van der Waals surface area (Å²) >= 11 is 0. The zero-order valence-corrected chi connectivity index (χ0v) is 10.5. The van der Waals surface area contributed by atoms with Gasteiger partial charge in [0.1, 0.15) is 0 Å². The van der Waals surface area contributed by atoms with E-state index < -0.39 is 5.97 Å². The summed E-state index contributed by atoms with van der Waals surface area (Å²) in [5, 5.41) is 9.23. The minimum Gasteiger partial charge on any atom is -0.481 e. The largest absolute Gasteiger partial charge is 0.481 e. The summed E-state index contributed by atoms with van der Waals surface area (Å²) < 4.78 is 0. The van der Waals surface area contributed by atoms with E-state index >= 15 is 0 Å². The van der Waals surface area contributed by atoms with E-state index in [1.807, 2.05) is 0 Å². The molecule has 2 unspecified atom stereocenters. The van der Waals surface area contributed by atoms with Crippen LogP contribution in [0.25, 0.3) is 0 Å². The molecule has 96 valence electrons. The quantitative estimate of drug-likeness (QED) is 0.802. The molecule has 0 bridgehead atoms. The van der Waals surface area contributed by atoms with Crippen molar-refractivity contribution >= 4 is 5.97 Å². The fourth-order valence-corrected chi connectivity index (χ4v) is 4.33. The Morgan fingerprint density at radius 2 is 1.76 bits per heavy atom. The van der Waals surface area contributed by atoms with E-state index in [0.717, 1.165) is 19.3 Å². The van der Waals surface area contributed by atoms with Crippen molar-refractivity contribution in [2.45, 2.75) is 57.4 Å². The molecule has 2 atom stereocenters. The normalized spacial score (nSPS) is 36.9. The summed E-state index contributed by atoms with van der Waals surface area (Å²) in [6.45, 7) is 2.36. The molecule has 3 nitrogen and oxygen atoms in total. The van der Waals surface area contributed by atoms with Crippen molar-refractivity contribution in [3.05, 3.63) is 0 Å². The van der Waals surface area contributed by atoms with Gasteiger partial charge in [-0.3, -0.25) is 9.69 Å². The number of carbonyl (C=O) groups is 1. The maximum atomic E-state index is 11.2. The first-order valence-electron chi connectivity index (χ1n) is 7.17. The average Bonchev–Trinajstić information content (AvgIpc) is 2.75. The third kappa shape index (κ3) is 1.99. The van der Waals surface area contributed by atoms with Gasteiger partial charge in [0, 0.05) is 19.1 Å². The van der Waals surface area contributed by atoms with Crippen molar-refractivity contribution in [2.75, 3.05) is 13.1 Å². The lowest BCUT2D eigenvalue weighted by atomic mass is 9.68. The standard InChI is InChI=1S/C14H23NO2/c16-13(17)11-5-4-6-12(11)15-9-14(10-15)7-2-1-3-8-14/h11-12H,1-10H2,(H,16,17). The van der Waals surface area contributed by atoms with Crippen molar-refractivity contribution in [1.82, 2.24) is 4.90 Å². The number of carboxylic acids is 1. The molecule has 0 amide bonds. The lowest BCUT2D eigenvalue weighted by Crippen LogP contribution is -2.61. The lowest BCUT2D eigenvalue weighted by Gasteiger charge is -2.55. The summed E-state index contributed by atoms with van der Waals surface area (Å²) in [5.74, 6) is -0.659. The third-order valence-corrected chi connectivity index (χ3v) is 5.26. The molecular formula is C14H23NO2. The van der Waals surface area contributed by atoms with Gasteiger partial charge in [-0.15, -0.1) is 0 Å². The Hall–Kier alpha value is -0.570. The molecule has 1 heterocycles. The van der Waals surface area contributed by atoms with Gasteiger partial charge >= 0.3 is 5.97 Å². The summed E-state index contributed by atoms with van der Waals surface area (Å²) in [4.78, 5) is 13.7. The van der Waals surface area contributed by atoms with Crippen LogP contribution in [0.1, 0.15) is 51.4 Å². The van der Waals surface area contributed by atoms with Gasteiger partial charge in [0.15, 0.2) is 0 Å². The van der Waals surface area contributed by atoms with Gasteiger partial charge in [0.25, 0.3) is 0 Å². The summed E-state index contributed by atoms with van der Waals surface area (Å²) in [6, 6.07) is 0.347. The highest BCUT2D eigenvalue weighted by atomic mass is 16.4. The van der Waals surface area contributed by atoms with Crippen LogP contribution in [0, 0.1) is 11.3 Å². The van der Waals surface area contributed by atoms with Crippen molar-refractivity contribution < 1.29 is 9.90 Å². The minimum atomic E-state index is -0.572. The van der Waals surface area contributed by atoms with Crippen LogP contribution < -0.4 is 0 Å². The molecule has 1 N–H and O–H groups in total. The Bertz CT molecular complexity index is 301. The summed E-state index contributed by atoms with van der Waals surface area (Å²) in [7, 11) is 0. The molecule has 0 radical (unpaired) electrons. The van der Waals surface area contributed by atoms with Crippen LogP contribution in [0.2, 0.25) is 0 Å². The summed E-state index contributed by atoms with van der Waals surface area (Å²) in [6.07, 6.45) is 10.0. The molecule has 3 fully saturated rings. The molecule has 2 aliphatic carbocycles. The fourth-order valence-electron chi connectivity index (χ4n) is 4.33. The van der Waals surface area contributed by atoms with Crippen molar-refractivity contribution in [2.24, 2.45) is 11.3 Å². The Morgan fingerprint density at radius 1 is 1.06 bits per heavy atom. The second kappa shape index (κ2) is 4.27. The van der Waals surface area contributed by atoms with Crippen LogP contribution in [0.3, 0.4) is 0 Å². The van der Waals surface area contributed by atoms with E-state index in [9.17, 15) is 9.90 Å². The number of hydrogen-bond donors (Lipinski definition) is 1. The van der Waals surface area contributed by atoms with Gasteiger partial charge in [-0.25, -0.2) is 0 Å². The molecule has 0 aromatic heterocycles. The molecule has 3 aliphatic rings. The molecule has 1 saturated heterocycles. The molecule has 17 heavy (non-hydrogen) atoms. The van der Waals surface area contributed by atoms with Gasteiger partial charge in [0.2, 0.25) is 0 Å². The Labute approximate surface area is 103 Å². The smallest absolute Gasteiger partial charge is 0.308 e. The van der Waals surface area contributed by atoms with E-state index in [-0.39, 0.29) is 5.92 Å². The van der Waals surface area contributed by atoms with Crippen LogP contribution in [-0.4, -0.2) is 35.1 Å². The molecule has 3 rings (SSSR count). The fraction of sp³-hybridized carbons (Fsp3) is 0.929.